The average Bonchev–Trinajstić information content (AvgIpc) is 3.02. The van der Waals surface area contributed by atoms with E-state index in [0.29, 0.717) is 4.47 Å². The number of likely N-dealkylation sites (tertiary alicyclic amines) is 2. The van der Waals surface area contributed by atoms with Gasteiger partial charge < -0.3 is 4.90 Å². The van der Waals surface area contributed by atoms with Crippen LogP contribution in [0.5, 0.6) is 0 Å². The van der Waals surface area contributed by atoms with Gasteiger partial charge in [-0.05, 0) is 45.8 Å². The van der Waals surface area contributed by atoms with Crippen molar-refractivity contribution in [2.45, 2.75) is 44.3 Å². The Labute approximate surface area is 118 Å². The molecule has 1 aromatic rings. The van der Waals surface area contributed by atoms with E-state index in [4.69, 9.17) is 11.6 Å². The third kappa shape index (κ3) is 2.57. The molecule has 0 aliphatic carbocycles. The molecule has 0 bridgehead atoms. The molecular formula is C13H20ClN3S. The molecule has 3 heterocycles. The predicted molar refractivity (Wildman–Crippen MR) is 76.2 cm³/mol. The molecule has 1 aromatic heterocycles. The molecule has 3 rings (SSSR count). The summed E-state index contributed by atoms with van der Waals surface area (Å²) in [5.74, 6) is 0. The Morgan fingerprint density at radius 3 is 2.78 bits per heavy atom. The topological polar surface area (TPSA) is 19.4 Å². The smallest absolute Gasteiger partial charge is 0.183 e. The van der Waals surface area contributed by atoms with Gasteiger partial charge in [0.05, 0.1) is 0 Å². The van der Waals surface area contributed by atoms with E-state index in [1.54, 1.807) is 11.3 Å². The Bertz CT molecular complexity index is 409. The van der Waals surface area contributed by atoms with Crippen molar-refractivity contribution >= 4 is 22.9 Å². The maximum atomic E-state index is 5.91. The number of thiazole rings is 1. The molecule has 0 aromatic carbocycles. The standard InChI is InChI=1S/C13H20ClN3S/c1-16-6-2-4-11(16)12-5-3-7-17(12)9-10-8-15-13(14)18-10/h8,11-12H,2-7,9H2,1H3/t11-,12+/m0/s1. The van der Waals surface area contributed by atoms with E-state index in [9.17, 15) is 0 Å². The van der Waals surface area contributed by atoms with Gasteiger partial charge in [-0.3, -0.25) is 4.90 Å². The Balaban J connectivity index is 1.67. The molecule has 0 radical (unpaired) electrons. The number of likely N-dealkylation sites (N-methyl/N-ethyl adjacent to an activating group) is 1. The lowest BCUT2D eigenvalue weighted by Crippen LogP contribution is -2.44. The number of rotatable bonds is 3. The van der Waals surface area contributed by atoms with Crippen molar-refractivity contribution in [1.29, 1.82) is 0 Å². The molecule has 2 atom stereocenters. The second kappa shape index (κ2) is 5.45. The molecule has 100 valence electrons. The zero-order chi connectivity index (χ0) is 12.5. The summed E-state index contributed by atoms with van der Waals surface area (Å²) in [6.07, 6.45) is 7.34. The van der Waals surface area contributed by atoms with Gasteiger partial charge in [0.2, 0.25) is 0 Å². The lowest BCUT2D eigenvalue weighted by Gasteiger charge is -2.32. The highest BCUT2D eigenvalue weighted by molar-refractivity contribution is 7.15. The number of nitrogens with zero attached hydrogens (tertiary/aromatic N) is 3. The average molecular weight is 286 g/mol. The summed E-state index contributed by atoms with van der Waals surface area (Å²) < 4.78 is 0.665. The Kier molecular flexibility index (Phi) is 3.89. The molecular weight excluding hydrogens is 266 g/mol. The van der Waals surface area contributed by atoms with Gasteiger partial charge in [-0.25, -0.2) is 4.98 Å². The molecule has 2 aliphatic heterocycles. The minimum absolute atomic E-state index is 0.665. The first-order valence-corrected chi connectivity index (χ1v) is 7.98. The summed E-state index contributed by atoms with van der Waals surface area (Å²) >= 11 is 7.53. The third-order valence-corrected chi connectivity index (χ3v) is 5.42. The van der Waals surface area contributed by atoms with Crippen LogP contribution in [0.1, 0.15) is 30.6 Å². The highest BCUT2D eigenvalue weighted by Gasteiger charge is 2.36. The fraction of sp³-hybridized carbons (Fsp3) is 0.769. The van der Waals surface area contributed by atoms with Crippen LogP contribution in [-0.2, 0) is 6.54 Å². The quantitative estimate of drug-likeness (QED) is 0.851. The molecule has 0 unspecified atom stereocenters. The van der Waals surface area contributed by atoms with Crippen LogP contribution in [0.3, 0.4) is 0 Å². The molecule has 3 nitrogen and oxygen atoms in total. The van der Waals surface area contributed by atoms with Gasteiger partial charge in [-0.1, -0.05) is 11.6 Å². The van der Waals surface area contributed by atoms with E-state index >= 15 is 0 Å². The molecule has 2 saturated heterocycles. The first-order valence-electron chi connectivity index (χ1n) is 6.78. The van der Waals surface area contributed by atoms with Crippen LogP contribution < -0.4 is 0 Å². The zero-order valence-electron chi connectivity index (χ0n) is 10.8. The highest BCUT2D eigenvalue weighted by atomic mass is 35.5. The molecule has 2 aliphatic rings. The van der Waals surface area contributed by atoms with Crippen LogP contribution >= 0.6 is 22.9 Å². The van der Waals surface area contributed by atoms with Gasteiger partial charge in [-0.2, -0.15) is 0 Å². The van der Waals surface area contributed by atoms with E-state index in [2.05, 4.69) is 21.8 Å². The molecule has 0 amide bonds. The normalized spacial score (nSPS) is 30.3. The van der Waals surface area contributed by atoms with Crippen LogP contribution in [0.4, 0.5) is 0 Å². The largest absolute Gasteiger partial charge is 0.302 e. The van der Waals surface area contributed by atoms with Crippen molar-refractivity contribution < 1.29 is 0 Å². The minimum atomic E-state index is 0.665. The maximum Gasteiger partial charge on any atom is 0.183 e. The maximum absolute atomic E-state index is 5.91. The first-order chi connectivity index (χ1) is 8.74. The molecule has 2 fully saturated rings. The van der Waals surface area contributed by atoms with Crippen LogP contribution in [0.15, 0.2) is 6.20 Å². The van der Waals surface area contributed by atoms with Crippen LogP contribution in [0, 0.1) is 0 Å². The number of hydrogen-bond donors (Lipinski definition) is 0. The fourth-order valence-electron chi connectivity index (χ4n) is 3.46. The molecule has 0 saturated carbocycles. The van der Waals surface area contributed by atoms with E-state index in [-0.39, 0.29) is 0 Å². The summed E-state index contributed by atoms with van der Waals surface area (Å²) in [6.45, 7) is 3.52. The van der Waals surface area contributed by atoms with E-state index < -0.39 is 0 Å². The first kappa shape index (κ1) is 12.9. The van der Waals surface area contributed by atoms with E-state index in [1.165, 1.54) is 43.6 Å². The van der Waals surface area contributed by atoms with Crippen LogP contribution in [-0.4, -0.2) is 47.0 Å². The summed E-state index contributed by atoms with van der Waals surface area (Å²) in [5.41, 5.74) is 0. The Morgan fingerprint density at radius 2 is 2.11 bits per heavy atom. The fourth-order valence-corrected chi connectivity index (χ4v) is 4.47. The number of aromatic nitrogens is 1. The second-order valence-electron chi connectivity index (χ2n) is 5.45. The lowest BCUT2D eigenvalue weighted by molar-refractivity contribution is 0.148. The van der Waals surface area contributed by atoms with Gasteiger partial charge in [0.15, 0.2) is 4.47 Å². The number of halogens is 1. The summed E-state index contributed by atoms with van der Waals surface area (Å²) in [7, 11) is 2.28. The van der Waals surface area contributed by atoms with Crippen LogP contribution in [0.2, 0.25) is 4.47 Å². The van der Waals surface area contributed by atoms with Crippen molar-refractivity contribution in [3.8, 4) is 0 Å². The molecule has 5 heteroatoms. The second-order valence-corrected chi connectivity index (χ2v) is 7.15. The van der Waals surface area contributed by atoms with Crippen molar-refractivity contribution in [3.63, 3.8) is 0 Å². The van der Waals surface area contributed by atoms with E-state index in [1.807, 2.05) is 6.20 Å². The zero-order valence-corrected chi connectivity index (χ0v) is 12.4. The molecule has 18 heavy (non-hydrogen) atoms. The van der Waals surface area contributed by atoms with Crippen molar-refractivity contribution in [2.24, 2.45) is 0 Å². The third-order valence-electron chi connectivity index (χ3n) is 4.32. The summed E-state index contributed by atoms with van der Waals surface area (Å²) in [5, 5.41) is 0. The summed E-state index contributed by atoms with van der Waals surface area (Å²) in [6, 6.07) is 1.49. The molecule has 0 spiro atoms. The lowest BCUT2D eigenvalue weighted by atomic mass is 10.0. The Morgan fingerprint density at radius 1 is 1.33 bits per heavy atom. The van der Waals surface area contributed by atoms with Gasteiger partial charge in [0.1, 0.15) is 0 Å². The van der Waals surface area contributed by atoms with E-state index in [0.717, 1.165) is 18.6 Å². The van der Waals surface area contributed by atoms with Crippen molar-refractivity contribution in [3.05, 3.63) is 15.5 Å². The highest BCUT2D eigenvalue weighted by Crippen LogP contribution is 2.31. The van der Waals surface area contributed by atoms with Gasteiger partial charge >= 0.3 is 0 Å². The van der Waals surface area contributed by atoms with Gasteiger partial charge in [0, 0.05) is 29.7 Å². The number of hydrogen-bond acceptors (Lipinski definition) is 4. The SMILES string of the molecule is CN1CCC[C@H]1[C@H]1CCCN1Cc1cnc(Cl)s1. The van der Waals surface area contributed by atoms with Crippen molar-refractivity contribution in [2.75, 3.05) is 20.1 Å². The van der Waals surface area contributed by atoms with Gasteiger partial charge in [0.25, 0.3) is 0 Å². The molecule has 0 N–H and O–H groups in total. The minimum Gasteiger partial charge on any atom is -0.302 e. The van der Waals surface area contributed by atoms with Crippen LogP contribution in [0.25, 0.3) is 0 Å². The monoisotopic (exact) mass is 285 g/mol. The van der Waals surface area contributed by atoms with Crippen molar-refractivity contribution in [1.82, 2.24) is 14.8 Å². The summed E-state index contributed by atoms with van der Waals surface area (Å²) in [4.78, 5) is 10.6. The predicted octanol–water partition coefficient (Wildman–Crippen LogP) is 2.86. The Hall–Kier alpha value is -0.160. The van der Waals surface area contributed by atoms with Gasteiger partial charge in [-0.15, -0.1) is 11.3 Å².